The molecule has 0 radical (unpaired) electrons. The van der Waals surface area contributed by atoms with E-state index in [1.165, 1.54) is 63.9 Å². The molecular formula is C20H36Cl3NO3. The molecule has 0 aliphatic carbocycles. The number of Topliss-reactive ketones (excluding diaryl/α,β-unsaturated/α-hetero) is 1. The molecule has 1 unspecified atom stereocenters. The number of rotatable bonds is 16. The Labute approximate surface area is 179 Å². The molecule has 27 heavy (non-hydrogen) atoms. The van der Waals surface area contributed by atoms with Gasteiger partial charge < -0.3 is 15.9 Å². The smallest absolute Gasteiger partial charge is 0.251 e. The third-order valence-electron chi connectivity index (χ3n) is 4.61. The Morgan fingerprint density at radius 1 is 0.926 bits per heavy atom. The number of ketones is 1. The van der Waals surface area contributed by atoms with Crippen molar-refractivity contribution in [3.8, 4) is 0 Å². The Hall–Kier alpha value is 0.160. The first-order valence-corrected chi connectivity index (χ1v) is 11.2. The summed E-state index contributed by atoms with van der Waals surface area (Å²) < 4.78 is -2.25. The number of carbonyl (C=O) groups excluding carboxylic acids is 1. The maximum absolute atomic E-state index is 11.6. The average Bonchev–Trinajstić information content (AvgIpc) is 2.62. The molecule has 4 nitrogen and oxygen atoms in total. The highest BCUT2D eigenvalue weighted by Gasteiger charge is 2.40. The number of aliphatic hydroxyl groups excluding tert-OH is 2. The molecule has 0 bridgehead atoms. The molecule has 0 saturated heterocycles. The van der Waals surface area contributed by atoms with Gasteiger partial charge >= 0.3 is 0 Å². The van der Waals surface area contributed by atoms with Gasteiger partial charge in [-0.3, -0.25) is 4.79 Å². The summed E-state index contributed by atoms with van der Waals surface area (Å²) in [6.45, 7) is 2.24. The number of unbranched alkanes of at least 4 members (excludes halogenated alkanes) is 11. The topological polar surface area (TPSA) is 83.6 Å². The highest BCUT2D eigenvalue weighted by molar-refractivity contribution is 6.76. The average molecular weight is 445 g/mol. The number of carbonyl (C=O) groups is 1. The summed E-state index contributed by atoms with van der Waals surface area (Å²) in [5.41, 5.74) is 5.66. The molecule has 7 heteroatoms. The van der Waals surface area contributed by atoms with Crippen LogP contribution in [0.2, 0.25) is 0 Å². The number of hydrogen-bond donors (Lipinski definition) is 3. The van der Waals surface area contributed by atoms with Crippen molar-refractivity contribution in [3.63, 3.8) is 0 Å². The van der Waals surface area contributed by atoms with Gasteiger partial charge in [-0.1, -0.05) is 118 Å². The summed E-state index contributed by atoms with van der Waals surface area (Å²) in [4.78, 5) is 11.6. The van der Waals surface area contributed by atoms with E-state index in [1.807, 2.05) is 6.08 Å². The van der Waals surface area contributed by atoms with Gasteiger partial charge in [0, 0.05) is 0 Å². The second-order valence-electron chi connectivity index (χ2n) is 7.13. The van der Waals surface area contributed by atoms with Crippen molar-refractivity contribution < 1.29 is 15.0 Å². The van der Waals surface area contributed by atoms with Gasteiger partial charge in [0.05, 0.1) is 12.1 Å². The lowest BCUT2D eigenvalue weighted by Gasteiger charge is -2.23. The van der Waals surface area contributed by atoms with Gasteiger partial charge in [-0.25, -0.2) is 0 Å². The summed E-state index contributed by atoms with van der Waals surface area (Å²) in [6, 6.07) is -1.23. The third-order valence-corrected chi connectivity index (χ3v) is 5.17. The molecule has 0 heterocycles. The molecule has 0 aromatic rings. The van der Waals surface area contributed by atoms with Crippen molar-refractivity contribution in [1.82, 2.24) is 0 Å². The van der Waals surface area contributed by atoms with Crippen LogP contribution in [0.25, 0.3) is 0 Å². The monoisotopic (exact) mass is 443 g/mol. The van der Waals surface area contributed by atoms with E-state index in [4.69, 9.17) is 40.5 Å². The quantitative estimate of drug-likeness (QED) is 0.173. The van der Waals surface area contributed by atoms with Gasteiger partial charge in [-0.2, -0.15) is 0 Å². The van der Waals surface area contributed by atoms with Crippen LogP contribution in [0.15, 0.2) is 12.2 Å². The van der Waals surface area contributed by atoms with Gasteiger partial charge in [0.15, 0.2) is 0 Å². The molecule has 0 aliphatic rings. The van der Waals surface area contributed by atoms with E-state index in [0.29, 0.717) is 0 Å². The number of aliphatic hydroxyl groups is 2. The lowest BCUT2D eigenvalue weighted by Crippen LogP contribution is -2.51. The van der Waals surface area contributed by atoms with Crippen LogP contribution in [-0.2, 0) is 4.79 Å². The second-order valence-corrected chi connectivity index (χ2v) is 9.41. The van der Waals surface area contributed by atoms with Crippen molar-refractivity contribution in [2.75, 3.05) is 0 Å². The minimum Gasteiger partial charge on any atom is -0.387 e. The Bertz CT molecular complexity index is 414. The zero-order valence-corrected chi connectivity index (χ0v) is 18.7. The predicted molar refractivity (Wildman–Crippen MR) is 116 cm³/mol. The maximum atomic E-state index is 11.6. The molecule has 0 spiro atoms. The van der Waals surface area contributed by atoms with Crippen LogP contribution in [0, 0.1) is 0 Å². The lowest BCUT2D eigenvalue weighted by atomic mass is 10.0. The van der Waals surface area contributed by atoms with Crippen molar-refractivity contribution >= 4 is 40.6 Å². The van der Waals surface area contributed by atoms with Gasteiger partial charge in [-0.15, -0.1) is 0 Å². The normalized spacial score (nSPS) is 15.8. The van der Waals surface area contributed by atoms with Crippen LogP contribution in [0.1, 0.15) is 84.0 Å². The zero-order valence-electron chi connectivity index (χ0n) is 16.4. The number of nitrogens with two attached hydrogens (primary N) is 1. The molecule has 0 amide bonds. The second kappa shape index (κ2) is 16.0. The minimum absolute atomic E-state index is 0.815. The summed E-state index contributed by atoms with van der Waals surface area (Å²) >= 11 is 16.3. The van der Waals surface area contributed by atoms with E-state index < -0.39 is 27.8 Å². The molecule has 0 aromatic carbocycles. The molecule has 0 aliphatic heterocycles. The standard InChI is InChI=1S/C20H36Cl3NO3/c1-2-3-4-5-6-7-8-9-10-11-12-13-14-15-16(25)17(24)18(26)19(27)20(21,22)23/h14-18,25-26H,2-13,24H2,1H3/b15-14+/t16-,17-,18?/m1/s1. The summed E-state index contributed by atoms with van der Waals surface area (Å²) in [5, 5.41) is 19.7. The minimum atomic E-state index is -2.25. The Balaban J connectivity index is 3.74. The molecular weight excluding hydrogens is 409 g/mol. The van der Waals surface area contributed by atoms with Crippen molar-refractivity contribution in [3.05, 3.63) is 12.2 Å². The fourth-order valence-electron chi connectivity index (χ4n) is 2.82. The summed E-state index contributed by atoms with van der Waals surface area (Å²) in [5.74, 6) is -1.04. The molecule has 3 atom stereocenters. The van der Waals surface area contributed by atoms with Crippen LogP contribution in [0.4, 0.5) is 0 Å². The fraction of sp³-hybridized carbons (Fsp3) is 0.850. The maximum Gasteiger partial charge on any atom is 0.251 e. The SMILES string of the molecule is CCCCCCCCCCCCC/C=C/[C@@H](O)[C@@H](N)C(O)C(=O)C(Cl)(Cl)Cl. The Kier molecular flexibility index (Phi) is 16.1. The third kappa shape index (κ3) is 13.9. The molecule has 0 fully saturated rings. The van der Waals surface area contributed by atoms with E-state index in [2.05, 4.69) is 6.92 Å². The van der Waals surface area contributed by atoms with Gasteiger partial charge in [0.1, 0.15) is 6.10 Å². The van der Waals surface area contributed by atoms with E-state index >= 15 is 0 Å². The number of hydrogen-bond acceptors (Lipinski definition) is 4. The first kappa shape index (κ1) is 27.2. The van der Waals surface area contributed by atoms with Crippen molar-refractivity contribution in [1.29, 1.82) is 0 Å². The van der Waals surface area contributed by atoms with Crippen LogP contribution in [-0.4, -0.2) is 38.0 Å². The molecule has 160 valence electrons. The predicted octanol–water partition coefficient (Wildman–Crippen LogP) is 5.23. The first-order valence-electron chi connectivity index (χ1n) is 10.1. The van der Waals surface area contributed by atoms with Crippen LogP contribution < -0.4 is 5.73 Å². The summed E-state index contributed by atoms with van der Waals surface area (Å²) in [6.07, 6.45) is 15.3. The van der Waals surface area contributed by atoms with Crippen LogP contribution in [0.3, 0.4) is 0 Å². The Morgan fingerprint density at radius 2 is 1.37 bits per heavy atom. The zero-order chi connectivity index (χ0) is 20.7. The molecule has 0 rings (SSSR count). The van der Waals surface area contributed by atoms with E-state index in [9.17, 15) is 15.0 Å². The largest absolute Gasteiger partial charge is 0.387 e. The van der Waals surface area contributed by atoms with Crippen molar-refractivity contribution in [2.24, 2.45) is 5.73 Å². The van der Waals surface area contributed by atoms with Crippen LogP contribution in [0.5, 0.6) is 0 Å². The van der Waals surface area contributed by atoms with Gasteiger partial charge in [0.2, 0.25) is 5.78 Å². The summed E-state index contributed by atoms with van der Waals surface area (Å²) in [7, 11) is 0. The highest BCUT2D eigenvalue weighted by Crippen LogP contribution is 2.29. The van der Waals surface area contributed by atoms with E-state index in [1.54, 1.807) is 0 Å². The van der Waals surface area contributed by atoms with Crippen LogP contribution >= 0.6 is 34.8 Å². The Morgan fingerprint density at radius 3 is 1.81 bits per heavy atom. The first-order chi connectivity index (χ1) is 12.7. The van der Waals surface area contributed by atoms with Gasteiger partial charge in [0.25, 0.3) is 3.79 Å². The fourth-order valence-corrected chi connectivity index (χ4v) is 3.15. The lowest BCUT2D eigenvalue weighted by molar-refractivity contribution is -0.128. The molecule has 0 saturated carbocycles. The molecule has 0 aromatic heterocycles. The van der Waals surface area contributed by atoms with E-state index in [-0.39, 0.29) is 0 Å². The molecule has 4 N–H and O–H groups in total. The van der Waals surface area contributed by atoms with Crippen molar-refractivity contribution in [2.45, 2.75) is 106 Å². The number of alkyl halides is 3. The van der Waals surface area contributed by atoms with E-state index in [0.717, 1.165) is 19.3 Å². The number of halogens is 3. The van der Waals surface area contributed by atoms with Gasteiger partial charge in [-0.05, 0) is 12.8 Å². The highest BCUT2D eigenvalue weighted by atomic mass is 35.6. The number of allylic oxidation sites excluding steroid dienone is 1.